The average Bonchev–Trinajstić information content (AvgIpc) is 2.16. The van der Waals surface area contributed by atoms with Crippen molar-refractivity contribution >= 4 is 11.6 Å². The van der Waals surface area contributed by atoms with Crippen LogP contribution in [0, 0.1) is 0 Å². The number of aromatic nitrogens is 1. The van der Waals surface area contributed by atoms with Gasteiger partial charge in [0, 0.05) is 11.8 Å². The highest BCUT2D eigenvalue weighted by atomic mass is 35.5. The molecule has 0 bridgehead atoms. The summed E-state index contributed by atoms with van der Waals surface area (Å²) in [6.07, 6.45) is -1.69. The first-order chi connectivity index (χ1) is 6.61. The smallest absolute Gasteiger partial charge is 0.280 e. The van der Waals surface area contributed by atoms with E-state index in [1.165, 1.54) is 7.11 Å². The van der Waals surface area contributed by atoms with Crippen LogP contribution in [0.2, 0.25) is 5.02 Å². The normalized spacial score (nSPS) is 10.7. The standard InChI is InChI=1S/C8H8ClF2NO2/c1-14-7-4(3-13)6(8(10)11)12-2-5(7)9/h2,8,13H,3H2,1H3. The second-order valence-corrected chi connectivity index (χ2v) is 2.87. The summed E-state index contributed by atoms with van der Waals surface area (Å²) in [7, 11) is 1.29. The molecule has 78 valence electrons. The molecule has 0 saturated heterocycles. The number of ether oxygens (including phenoxy) is 1. The third-order valence-electron chi connectivity index (χ3n) is 1.69. The summed E-state index contributed by atoms with van der Waals surface area (Å²) in [5, 5.41) is 8.99. The maximum atomic E-state index is 12.4. The predicted octanol–water partition coefficient (Wildman–Crippen LogP) is 2.17. The Morgan fingerprint density at radius 2 is 2.29 bits per heavy atom. The number of methoxy groups -OCH3 is 1. The summed E-state index contributed by atoms with van der Waals surface area (Å²) in [6, 6.07) is 0. The van der Waals surface area contributed by atoms with Crippen LogP contribution >= 0.6 is 11.6 Å². The number of aliphatic hydroxyl groups is 1. The highest BCUT2D eigenvalue weighted by Gasteiger charge is 2.20. The molecule has 0 unspecified atom stereocenters. The van der Waals surface area contributed by atoms with Crippen LogP contribution in [-0.2, 0) is 6.61 Å². The zero-order valence-corrected chi connectivity index (χ0v) is 8.05. The van der Waals surface area contributed by atoms with E-state index in [4.69, 9.17) is 21.4 Å². The summed E-state index contributed by atoms with van der Waals surface area (Å²) in [6.45, 7) is -0.587. The van der Waals surface area contributed by atoms with Crippen LogP contribution in [-0.4, -0.2) is 17.2 Å². The number of rotatable bonds is 3. The molecule has 1 heterocycles. The van der Waals surface area contributed by atoms with Gasteiger partial charge in [-0.2, -0.15) is 0 Å². The van der Waals surface area contributed by atoms with Gasteiger partial charge in [-0.15, -0.1) is 0 Å². The molecule has 0 aliphatic carbocycles. The zero-order chi connectivity index (χ0) is 10.7. The van der Waals surface area contributed by atoms with Gasteiger partial charge < -0.3 is 9.84 Å². The van der Waals surface area contributed by atoms with E-state index in [0.717, 1.165) is 6.20 Å². The fourth-order valence-corrected chi connectivity index (χ4v) is 1.32. The van der Waals surface area contributed by atoms with Gasteiger partial charge in [0.05, 0.1) is 13.7 Å². The number of hydrogen-bond acceptors (Lipinski definition) is 3. The van der Waals surface area contributed by atoms with Gasteiger partial charge in [0.25, 0.3) is 6.43 Å². The van der Waals surface area contributed by atoms with Gasteiger partial charge in [0.2, 0.25) is 0 Å². The Morgan fingerprint density at radius 1 is 1.64 bits per heavy atom. The van der Waals surface area contributed by atoms with E-state index in [2.05, 4.69) is 4.98 Å². The van der Waals surface area contributed by atoms with Crippen molar-refractivity contribution < 1.29 is 18.6 Å². The molecular formula is C8H8ClF2NO2. The molecule has 0 aliphatic heterocycles. The average molecular weight is 224 g/mol. The monoisotopic (exact) mass is 223 g/mol. The Bertz CT molecular complexity index is 333. The topological polar surface area (TPSA) is 42.4 Å². The number of alkyl halides is 2. The molecule has 1 aromatic heterocycles. The van der Waals surface area contributed by atoms with Crippen molar-refractivity contribution in [1.29, 1.82) is 0 Å². The summed E-state index contributed by atoms with van der Waals surface area (Å²) < 4.78 is 29.6. The number of hydrogen-bond donors (Lipinski definition) is 1. The summed E-state index contributed by atoms with van der Waals surface area (Å²) in [5.41, 5.74) is -0.580. The molecule has 0 amide bonds. The van der Waals surface area contributed by atoms with E-state index in [1.807, 2.05) is 0 Å². The van der Waals surface area contributed by atoms with E-state index in [9.17, 15) is 8.78 Å². The first-order valence-electron chi connectivity index (χ1n) is 3.72. The highest BCUT2D eigenvalue weighted by molar-refractivity contribution is 6.32. The third-order valence-corrected chi connectivity index (χ3v) is 1.96. The summed E-state index contributed by atoms with van der Waals surface area (Å²) in [5.74, 6) is 0.0412. The predicted molar refractivity (Wildman–Crippen MR) is 46.7 cm³/mol. The van der Waals surface area contributed by atoms with Crippen LogP contribution in [0.1, 0.15) is 17.7 Å². The van der Waals surface area contributed by atoms with Crippen molar-refractivity contribution in [3.8, 4) is 5.75 Å². The number of aliphatic hydroxyl groups excluding tert-OH is 1. The van der Waals surface area contributed by atoms with Gasteiger partial charge in [-0.3, -0.25) is 4.98 Å². The van der Waals surface area contributed by atoms with E-state index in [0.29, 0.717) is 0 Å². The van der Waals surface area contributed by atoms with Crippen LogP contribution in [0.3, 0.4) is 0 Å². The maximum absolute atomic E-state index is 12.4. The Kier molecular flexibility index (Phi) is 3.60. The number of halogens is 3. The minimum Gasteiger partial charge on any atom is -0.495 e. The van der Waals surface area contributed by atoms with Gasteiger partial charge in [-0.25, -0.2) is 8.78 Å². The SMILES string of the molecule is COc1c(Cl)cnc(C(F)F)c1CO. The largest absolute Gasteiger partial charge is 0.495 e. The second kappa shape index (κ2) is 4.52. The highest BCUT2D eigenvalue weighted by Crippen LogP contribution is 2.33. The molecule has 14 heavy (non-hydrogen) atoms. The first kappa shape index (κ1) is 11.1. The van der Waals surface area contributed by atoms with Crippen molar-refractivity contribution in [2.45, 2.75) is 13.0 Å². The summed E-state index contributed by atoms with van der Waals surface area (Å²) >= 11 is 5.64. The Balaban J connectivity index is 3.33. The van der Waals surface area contributed by atoms with Crippen molar-refractivity contribution in [3.05, 3.63) is 22.5 Å². The van der Waals surface area contributed by atoms with Gasteiger partial charge in [0.15, 0.2) is 0 Å². The molecule has 0 atom stereocenters. The van der Waals surface area contributed by atoms with Crippen molar-refractivity contribution in [1.82, 2.24) is 4.98 Å². The van der Waals surface area contributed by atoms with Crippen LogP contribution < -0.4 is 4.74 Å². The quantitative estimate of drug-likeness (QED) is 0.854. The lowest BCUT2D eigenvalue weighted by Gasteiger charge is -2.11. The van der Waals surface area contributed by atoms with Crippen LogP contribution in [0.5, 0.6) is 5.75 Å². The third kappa shape index (κ3) is 1.93. The molecule has 1 rings (SSSR count). The number of nitrogens with zero attached hydrogens (tertiary/aromatic N) is 1. The molecule has 1 aromatic rings. The van der Waals surface area contributed by atoms with Gasteiger partial charge in [0.1, 0.15) is 16.5 Å². The van der Waals surface area contributed by atoms with E-state index >= 15 is 0 Å². The van der Waals surface area contributed by atoms with Gasteiger partial charge in [-0.05, 0) is 0 Å². The van der Waals surface area contributed by atoms with E-state index in [-0.39, 0.29) is 16.3 Å². The number of pyridine rings is 1. The second-order valence-electron chi connectivity index (χ2n) is 2.46. The lowest BCUT2D eigenvalue weighted by atomic mass is 10.2. The van der Waals surface area contributed by atoms with Gasteiger partial charge >= 0.3 is 0 Å². The molecule has 0 aromatic carbocycles. The Labute approximate surface area is 84.3 Å². The molecule has 0 spiro atoms. The Hall–Kier alpha value is -0.940. The van der Waals surface area contributed by atoms with Crippen LogP contribution in [0.25, 0.3) is 0 Å². The molecular weight excluding hydrogens is 216 g/mol. The van der Waals surface area contributed by atoms with Crippen molar-refractivity contribution in [3.63, 3.8) is 0 Å². The Morgan fingerprint density at radius 3 is 2.71 bits per heavy atom. The van der Waals surface area contributed by atoms with Crippen molar-refractivity contribution in [2.75, 3.05) is 7.11 Å². The molecule has 0 fully saturated rings. The molecule has 0 aliphatic rings. The molecule has 3 nitrogen and oxygen atoms in total. The minimum absolute atomic E-state index is 0.0412. The lowest BCUT2D eigenvalue weighted by Crippen LogP contribution is -2.02. The van der Waals surface area contributed by atoms with E-state index in [1.54, 1.807) is 0 Å². The molecule has 0 radical (unpaired) electrons. The first-order valence-corrected chi connectivity index (χ1v) is 4.09. The van der Waals surface area contributed by atoms with Crippen LogP contribution in [0.15, 0.2) is 6.20 Å². The fourth-order valence-electron chi connectivity index (χ4n) is 1.08. The molecule has 0 saturated carbocycles. The van der Waals surface area contributed by atoms with Crippen LogP contribution in [0.4, 0.5) is 8.78 Å². The molecule has 1 N–H and O–H groups in total. The molecule has 6 heteroatoms. The summed E-state index contributed by atoms with van der Waals surface area (Å²) in [4.78, 5) is 3.44. The van der Waals surface area contributed by atoms with E-state index < -0.39 is 18.7 Å². The fraction of sp³-hybridized carbons (Fsp3) is 0.375. The van der Waals surface area contributed by atoms with Crippen molar-refractivity contribution in [2.24, 2.45) is 0 Å². The zero-order valence-electron chi connectivity index (χ0n) is 7.30. The lowest BCUT2D eigenvalue weighted by molar-refractivity contribution is 0.140. The van der Waals surface area contributed by atoms with Gasteiger partial charge in [-0.1, -0.05) is 11.6 Å². The minimum atomic E-state index is -2.76. The maximum Gasteiger partial charge on any atom is 0.280 e.